The Kier molecular flexibility index (Phi) is 15.0. The standard InChI is InChI=1S/2C25H32N6O2/c2*1-5-31-24-21(14-27-31)23(29-18-7-9-19(30-33)10-8-18)22(13-26-24)25(32)28-17(4)20-11-6-15(2)12-16(20)3/h2*6,11-14,17-18,33H,5,7-10H2,1-4H3,(H,26,29)(H,28,32). The van der Waals surface area contributed by atoms with Crippen LogP contribution >= 0.6 is 0 Å². The first-order chi connectivity index (χ1) is 31.8. The fraction of sp³-hybridized carbons (Fsp3) is 0.440. The largest absolute Gasteiger partial charge is 0.411 e. The maximum atomic E-state index is 13.4. The Morgan fingerprint density at radius 3 is 1.35 bits per heavy atom. The Balaban J connectivity index is 0.000000196. The van der Waals surface area contributed by atoms with E-state index in [0.29, 0.717) is 24.2 Å². The third-order valence-electron chi connectivity index (χ3n) is 13.0. The van der Waals surface area contributed by atoms with Crippen LogP contribution in [-0.4, -0.2) is 75.3 Å². The van der Waals surface area contributed by atoms with Gasteiger partial charge in [-0.1, -0.05) is 57.8 Å². The average molecular weight is 897 g/mol. The second-order valence-corrected chi connectivity index (χ2v) is 17.8. The number of rotatable bonds is 12. The third-order valence-corrected chi connectivity index (χ3v) is 13.0. The fourth-order valence-corrected chi connectivity index (χ4v) is 9.30. The van der Waals surface area contributed by atoms with Crippen LogP contribution in [0.5, 0.6) is 0 Å². The van der Waals surface area contributed by atoms with E-state index in [1.165, 1.54) is 11.1 Å². The van der Waals surface area contributed by atoms with Gasteiger partial charge in [0.2, 0.25) is 0 Å². The summed E-state index contributed by atoms with van der Waals surface area (Å²) in [7, 11) is 0. The van der Waals surface area contributed by atoms with Gasteiger partial charge in [-0.15, -0.1) is 0 Å². The van der Waals surface area contributed by atoms with Gasteiger partial charge in [0.1, 0.15) is 0 Å². The van der Waals surface area contributed by atoms with E-state index in [4.69, 9.17) is 10.4 Å². The van der Waals surface area contributed by atoms with Crippen molar-refractivity contribution in [2.24, 2.45) is 10.3 Å². The van der Waals surface area contributed by atoms with E-state index in [-0.39, 0.29) is 36.0 Å². The van der Waals surface area contributed by atoms with Crippen LogP contribution in [0.1, 0.15) is 145 Å². The number of fused-ring (bicyclic) bond motifs is 2. The monoisotopic (exact) mass is 897 g/mol. The summed E-state index contributed by atoms with van der Waals surface area (Å²) in [6.45, 7) is 17.7. The van der Waals surface area contributed by atoms with Crippen molar-refractivity contribution in [3.05, 3.63) is 106 Å². The molecule has 2 unspecified atom stereocenters. The van der Waals surface area contributed by atoms with Gasteiger partial charge < -0.3 is 31.7 Å². The molecular formula is C50H64N12O4. The molecule has 6 N–H and O–H groups in total. The first-order valence-electron chi connectivity index (χ1n) is 23.2. The van der Waals surface area contributed by atoms with Crippen molar-refractivity contribution in [1.82, 2.24) is 40.2 Å². The minimum absolute atomic E-state index is 0.141. The van der Waals surface area contributed by atoms with Crippen LogP contribution < -0.4 is 21.3 Å². The molecule has 348 valence electrons. The number of pyridine rings is 2. The lowest BCUT2D eigenvalue weighted by Crippen LogP contribution is -2.30. The Morgan fingerprint density at radius 1 is 0.636 bits per heavy atom. The quantitative estimate of drug-likeness (QED) is 0.0506. The van der Waals surface area contributed by atoms with E-state index in [0.717, 1.165) is 118 Å². The van der Waals surface area contributed by atoms with Crippen LogP contribution in [0.3, 0.4) is 0 Å². The lowest BCUT2D eigenvalue weighted by molar-refractivity contribution is 0.0931. The van der Waals surface area contributed by atoms with Gasteiger partial charge in [0, 0.05) is 37.6 Å². The SMILES string of the molecule is CCn1ncc2c(NC3CCC(=NO)CC3)c(C(=O)NC(C)c3ccc(C)cc3C)cnc21.CCn1ncc2c(NC3CCC(=NO)CC3)c(C(=O)NC(C)c3ccc(C)cc3C)cnc21. The Bertz CT molecular complexity index is 2570. The molecule has 2 saturated carbocycles. The highest BCUT2D eigenvalue weighted by Crippen LogP contribution is 2.32. The normalized spacial score (nSPS) is 17.1. The molecule has 0 aliphatic heterocycles. The van der Waals surface area contributed by atoms with Gasteiger partial charge in [-0.05, 0) is 129 Å². The number of benzene rings is 2. The van der Waals surface area contributed by atoms with Crippen LogP contribution in [-0.2, 0) is 13.1 Å². The molecule has 6 aromatic rings. The zero-order valence-corrected chi connectivity index (χ0v) is 39.4. The van der Waals surface area contributed by atoms with Gasteiger partial charge in [0.25, 0.3) is 11.8 Å². The van der Waals surface area contributed by atoms with E-state index >= 15 is 0 Å². The summed E-state index contributed by atoms with van der Waals surface area (Å²) >= 11 is 0. The molecule has 4 heterocycles. The number of aromatic nitrogens is 6. The van der Waals surface area contributed by atoms with Gasteiger partial charge in [0.05, 0.1) is 69.2 Å². The van der Waals surface area contributed by atoms with Gasteiger partial charge in [-0.2, -0.15) is 10.2 Å². The molecule has 16 nitrogen and oxygen atoms in total. The van der Waals surface area contributed by atoms with Crippen molar-refractivity contribution < 1.29 is 20.0 Å². The number of anilines is 2. The fourth-order valence-electron chi connectivity index (χ4n) is 9.30. The first kappa shape index (κ1) is 47.1. The van der Waals surface area contributed by atoms with Crippen molar-refractivity contribution in [2.75, 3.05) is 10.6 Å². The van der Waals surface area contributed by atoms with Gasteiger partial charge in [-0.3, -0.25) is 9.59 Å². The maximum absolute atomic E-state index is 13.4. The summed E-state index contributed by atoms with van der Waals surface area (Å²) in [5, 5.41) is 49.0. The van der Waals surface area contributed by atoms with Crippen molar-refractivity contribution in [3.8, 4) is 0 Å². The molecule has 2 aliphatic carbocycles. The van der Waals surface area contributed by atoms with Gasteiger partial charge in [-0.25, -0.2) is 19.3 Å². The molecule has 2 amide bonds. The molecule has 0 saturated heterocycles. The summed E-state index contributed by atoms with van der Waals surface area (Å²) < 4.78 is 3.66. The highest BCUT2D eigenvalue weighted by atomic mass is 16.4. The Morgan fingerprint density at radius 2 is 1.02 bits per heavy atom. The number of hydrogen-bond donors (Lipinski definition) is 6. The summed E-state index contributed by atoms with van der Waals surface area (Å²) in [5.74, 6) is -0.339. The molecule has 2 aromatic carbocycles. The molecule has 2 atom stereocenters. The van der Waals surface area contributed by atoms with Gasteiger partial charge in [0.15, 0.2) is 11.3 Å². The third kappa shape index (κ3) is 10.5. The van der Waals surface area contributed by atoms with E-state index in [2.05, 4.69) is 116 Å². The molecule has 66 heavy (non-hydrogen) atoms. The minimum atomic E-state index is -0.169. The predicted octanol–water partition coefficient (Wildman–Crippen LogP) is 9.49. The van der Waals surface area contributed by atoms with Crippen LogP contribution in [0.15, 0.2) is 71.5 Å². The second-order valence-electron chi connectivity index (χ2n) is 17.8. The number of carbonyl (C=O) groups excluding carboxylic acids is 2. The number of carbonyl (C=O) groups is 2. The number of nitrogens with one attached hydrogen (secondary N) is 4. The van der Waals surface area contributed by atoms with Crippen molar-refractivity contribution >= 4 is 56.7 Å². The van der Waals surface area contributed by atoms with Crippen LogP contribution in [0, 0.1) is 27.7 Å². The zero-order chi connectivity index (χ0) is 47.1. The van der Waals surface area contributed by atoms with Crippen LogP contribution in [0.4, 0.5) is 11.4 Å². The van der Waals surface area contributed by atoms with E-state index < -0.39 is 0 Å². The topological polar surface area (TPSA) is 209 Å². The highest BCUT2D eigenvalue weighted by molar-refractivity contribution is 6.07. The average Bonchev–Trinajstić information content (AvgIpc) is 3.94. The highest BCUT2D eigenvalue weighted by Gasteiger charge is 2.27. The maximum Gasteiger partial charge on any atom is 0.255 e. The van der Waals surface area contributed by atoms with E-state index in [1.54, 1.807) is 24.8 Å². The molecule has 16 heteroatoms. The summed E-state index contributed by atoms with van der Waals surface area (Å²) in [6.07, 6.45) is 13.2. The summed E-state index contributed by atoms with van der Waals surface area (Å²) in [6, 6.07) is 12.6. The van der Waals surface area contributed by atoms with Crippen molar-refractivity contribution in [3.63, 3.8) is 0 Å². The molecule has 8 rings (SSSR count). The molecule has 0 radical (unpaired) electrons. The lowest BCUT2D eigenvalue weighted by atomic mass is 9.93. The molecular weight excluding hydrogens is 833 g/mol. The minimum Gasteiger partial charge on any atom is -0.411 e. The zero-order valence-electron chi connectivity index (χ0n) is 39.4. The number of aryl methyl sites for hydroxylation is 6. The Labute approximate surface area is 386 Å². The number of hydrogen-bond acceptors (Lipinski definition) is 12. The smallest absolute Gasteiger partial charge is 0.255 e. The Hall–Kier alpha value is -6.84. The van der Waals surface area contributed by atoms with Crippen molar-refractivity contribution in [1.29, 1.82) is 0 Å². The second kappa shape index (κ2) is 21.0. The van der Waals surface area contributed by atoms with E-state index in [9.17, 15) is 9.59 Å². The molecule has 0 spiro atoms. The first-order valence-corrected chi connectivity index (χ1v) is 23.2. The summed E-state index contributed by atoms with van der Waals surface area (Å²) in [4.78, 5) is 36.0. The molecule has 2 fully saturated rings. The molecule has 2 aliphatic rings. The van der Waals surface area contributed by atoms with Gasteiger partial charge >= 0.3 is 0 Å². The lowest BCUT2D eigenvalue weighted by Gasteiger charge is -2.26. The van der Waals surface area contributed by atoms with Crippen molar-refractivity contribution in [2.45, 2.75) is 144 Å². The molecule has 4 aromatic heterocycles. The van der Waals surface area contributed by atoms with Crippen LogP contribution in [0.2, 0.25) is 0 Å². The number of nitrogens with zero attached hydrogens (tertiary/aromatic N) is 8. The predicted molar refractivity (Wildman–Crippen MR) is 260 cm³/mol. The van der Waals surface area contributed by atoms with Crippen LogP contribution in [0.25, 0.3) is 22.1 Å². The number of oxime groups is 2. The molecule has 0 bridgehead atoms. The summed E-state index contributed by atoms with van der Waals surface area (Å²) in [5.41, 5.74) is 12.6. The number of amides is 2. The van der Waals surface area contributed by atoms with E-state index in [1.807, 2.05) is 37.1 Å².